The normalized spacial score (nSPS) is 12.9. The van der Waals surface area contributed by atoms with Gasteiger partial charge in [0.25, 0.3) is 0 Å². The van der Waals surface area contributed by atoms with Gasteiger partial charge in [-0.05, 0) is 19.4 Å². The summed E-state index contributed by atoms with van der Waals surface area (Å²) in [5.74, 6) is -1.12. The van der Waals surface area contributed by atoms with Crippen LogP contribution in [0.4, 0.5) is 19.0 Å². The fraction of sp³-hybridized carbons (Fsp3) is 0.571. The van der Waals surface area contributed by atoms with Gasteiger partial charge in [0.15, 0.2) is 0 Å². The van der Waals surface area contributed by atoms with E-state index in [4.69, 9.17) is 0 Å². The minimum atomic E-state index is -4.52. The van der Waals surface area contributed by atoms with Gasteiger partial charge in [0.05, 0.1) is 13.0 Å². The van der Waals surface area contributed by atoms with Crippen LogP contribution in [0.2, 0.25) is 0 Å². The molecule has 1 heterocycles. The average Bonchev–Trinajstić information content (AvgIpc) is 2.45. The molecular formula is C14H19F3N2O2. The number of carbonyl (C=O) groups excluding carboxylic acids is 1. The van der Waals surface area contributed by atoms with Gasteiger partial charge in [-0.25, -0.2) is 4.98 Å². The first-order chi connectivity index (χ1) is 9.81. The number of unbranched alkanes of at least 4 members (excludes halogenated alkanes) is 1. The Labute approximate surface area is 121 Å². The van der Waals surface area contributed by atoms with Gasteiger partial charge in [0.2, 0.25) is 0 Å². The van der Waals surface area contributed by atoms with E-state index in [1.807, 2.05) is 6.92 Å². The summed E-state index contributed by atoms with van der Waals surface area (Å²) in [5.41, 5.74) is -0.590. The predicted octanol–water partition coefficient (Wildman–Crippen LogP) is 3.59. The van der Waals surface area contributed by atoms with Crippen molar-refractivity contribution in [1.29, 1.82) is 0 Å². The molecule has 1 aromatic heterocycles. The summed E-state index contributed by atoms with van der Waals surface area (Å²) in [5, 5.41) is 2.87. The third-order valence-electron chi connectivity index (χ3n) is 3.06. The number of esters is 1. The number of alkyl halides is 3. The number of aromatic nitrogens is 1. The van der Waals surface area contributed by atoms with Crippen molar-refractivity contribution < 1.29 is 22.7 Å². The molecule has 0 saturated carbocycles. The Balaban J connectivity index is 3.13. The lowest BCUT2D eigenvalue weighted by Gasteiger charge is -2.17. The molecule has 0 saturated heterocycles. The molecule has 0 radical (unpaired) electrons. The number of hydrogen-bond acceptors (Lipinski definition) is 4. The van der Waals surface area contributed by atoms with Crippen molar-refractivity contribution >= 4 is 11.8 Å². The molecule has 1 atom stereocenters. The van der Waals surface area contributed by atoms with Gasteiger partial charge in [-0.3, -0.25) is 4.79 Å². The molecule has 1 N–H and O–H groups in total. The van der Waals surface area contributed by atoms with E-state index in [1.165, 1.54) is 13.2 Å². The van der Waals surface area contributed by atoms with Gasteiger partial charge in [0, 0.05) is 12.1 Å². The number of ether oxygens (including phenoxy) is 1. The summed E-state index contributed by atoms with van der Waals surface area (Å²) in [4.78, 5) is 15.2. The zero-order valence-electron chi connectivity index (χ0n) is 12.3. The lowest BCUT2D eigenvalue weighted by Crippen LogP contribution is -2.17. The third kappa shape index (κ3) is 4.61. The Morgan fingerprint density at radius 2 is 2.10 bits per heavy atom. The SMILES string of the molecule is CCCCNc1nc(C(F)(F)F)ccc1C(C)C(=O)OC. The molecule has 4 nitrogen and oxygen atoms in total. The maximum Gasteiger partial charge on any atom is 0.433 e. The minimum Gasteiger partial charge on any atom is -0.469 e. The second kappa shape index (κ2) is 7.28. The molecule has 118 valence electrons. The van der Waals surface area contributed by atoms with Crippen LogP contribution >= 0.6 is 0 Å². The first-order valence-electron chi connectivity index (χ1n) is 6.71. The smallest absolute Gasteiger partial charge is 0.433 e. The van der Waals surface area contributed by atoms with Crippen molar-refractivity contribution in [2.45, 2.75) is 38.8 Å². The van der Waals surface area contributed by atoms with Crippen molar-refractivity contribution in [3.63, 3.8) is 0 Å². The number of carbonyl (C=O) groups is 1. The number of rotatable bonds is 6. The Bertz CT molecular complexity index is 490. The number of pyridine rings is 1. The van der Waals surface area contributed by atoms with Crippen LogP contribution in [0.3, 0.4) is 0 Å². The van der Waals surface area contributed by atoms with Gasteiger partial charge < -0.3 is 10.1 Å². The molecule has 0 aliphatic rings. The van der Waals surface area contributed by atoms with Crippen molar-refractivity contribution in [3.8, 4) is 0 Å². The van der Waals surface area contributed by atoms with Gasteiger partial charge in [0.1, 0.15) is 11.5 Å². The summed E-state index contributed by atoms with van der Waals surface area (Å²) >= 11 is 0. The number of anilines is 1. The number of nitrogens with zero attached hydrogens (tertiary/aromatic N) is 1. The largest absolute Gasteiger partial charge is 0.469 e. The number of nitrogens with one attached hydrogen (secondary N) is 1. The van der Waals surface area contributed by atoms with E-state index >= 15 is 0 Å². The third-order valence-corrected chi connectivity index (χ3v) is 3.06. The van der Waals surface area contributed by atoms with E-state index in [0.717, 1.165) is 18.9 Å². The fourth-order valence-electron chi connectivity index (χ4n) is 1.81. The van der Waals surface area contributed by atoms with Crippen LogP contribution in [0.5, 0.6) is 0 Å². The van der Waals surface area contributed by atoms with Crippen LogP contribution in [0.1, 0.15) is 43.9 Å². The highest BCUT2D eigenvalue weighted by Crippen LogP contribution is 2.32. The van der Waals surface area contributed by atoms with Crippen LogP contribution in [0.15, 0.2) is 12.1 Å². The van der Waals surface area contributed by atoms with E-state index in [2.05, 4.69) is 15.0 Å². The minimum absolute atomic E-state index is 0.0798. The molecule has 0 amide bonds. The van der Waals surface area contributed by atoms with Gasteiger partial charge in [-0.1, -0.05) is 19.4 Å². The molecule has 1 rings (SSSR count). The Morgan fingerprint density at radius 3 is 2.62 bits per heavy atom. The van der Waals surface area contributed by atoms with E-state index < -0.39 is 23.8 Å². The predicted molar refractivity (Wildman–Crippen MR) is 73.1 cm³/mol. The van der Waals surface area contributed by atoms with Crippen LogP contribution in [0.25, 0.3) is 0 Å². The van der Waals surface area contributed by atoms with Gasteiger partial charge in [-0.15, -0.1) is 0 Å². The molecule has 0 aromatic carbocycles. The number of hydrogen-bond donors (Lipinski definition) is 1. The molecular weight excluding hydrogens is 285 g/mol. The first-order valence-corrected chi connectivity index (χ1v) is 6.71. The maximum absolute atomic E-state index is 12.7. The van der Waals surface area contributed by atoms with Crippen molar-refractivity contribution in [2.24, 2.45) is 0 Å². The molecule has 1 unspecified atom stereocenters. The second-order valence-corrected chi connectivity index (χ2v) is 4.66. The first kappa shape index (κ1) is 17.3. The fourth-order valence-corrected chi connectivity index (χ4v) is 1.81. The maximum atomic E-state index is 12.7. The lowest BCUT2D eigenvalue weighted by atomic mass is 10.0. The highest BCUT2D eigenvalue weighted by molar-refractivity contribution is 5.79. The number of methoxy groups -OCH3 is 1. The summed E-state index contributed by atoms with van der Waals surface area (Å²) in [6.07, 6.45) is -2.83. The summed E-state index contributed by atoms with van der Waals surface area (Å²) < 4.78 is 42.8. The molecule has 0 aliphatic heterocycles. The Hall–Kier alpha value is -1.79. The van der Waals surface area contributed by atoms with Crippen LogP contribution in [-0.2, 0) is 15.7 Å². The molecule has 0 bridgehead atoms. The molecule has 1 aromatic rings. The van der Waals surface area contributed by atoms with Gasteiger partial charge in [-0.2, -0.15) is 13.2 Å². The van der Waals surface area contributed by atoms with Crippen molar-refractivity contribution in [2.75, 3.05) is 19.0 Å². The highest BCUT2D eigenvalue weighted by Gasteiger charge is 2.33. The van der Waals surface area contributed by atoms with E-state index in [-0.39, 0.29) is 5.82 Å². The zero-order valence-corrected chi connectivity index (χ0v) is 12.3. The zero-order chi connectivity index (χ0) is 16.0. The van der Waals surface area contributed by atoms with E-state index in [0.29, 0.717) is 12.1 Å². The second-order valence-electron chi connectivity index (χ2n) is 4.66. The van der Waals surface area contributed by atoms with Crippen molar-refractivity contribution in [3.05, 3.63) is 23.4 Å². The summed E-state index contributed by atoms with van der Waals surface area (Å²) in [6, 6.07) is 2.14. The highest BCUT2D eigenvalue weighted by atomic mass is 19.4. The van der Waals surface area contributed by atoms with Gasteiger partial charge >= 0.3 is 12.1 Å². The van der Waals surface area contributed by atoms with E-state index in [1.54, 1.807) is 6.92 Å². The topological polar surface area (TPSA) is 51.2 Å². The van der Waals surface area contributed by atoms with Crippen LogP contribution < -0.4 is 5.32 Å². The average molecular weight is 304 g/mol. The lowest BCUT2D eigenvalue weighted by molar-refractivity contribution is -0.142. The van der Waals surface area contributed by atoms with Crippen LogP contribution in [0, 0.1) is 0 Å². The Morgan fingerprint density at radius 1 is 1.43 bits per heavy atom. The van der Waals surface area contributed by atoms with E-state index in [9.17, 15) is 18.0 Å². The summed E-state index contributed by atoms with van der Waals surface area (Å²) in [6.45, 7) is 4.03. The molecule has 21 heavy (non-hydrogen) atoms. The monoisotopic (exact) mass is 304 g/mol. The molecule has 0 fully saturated rings. The van der Waals surface area contributed by atoms with Crippen molar-refractivity contribution in [1.82, 2.24) is 4.98 Å². The standard InChI is InChI=1S/C14H19F3N2O2/c1-4-5-8-18-12-10(9(2)13(20)21-3)6-7-11(19-12)14(15,16)17/h6-7,9H,4-5,8H2,1-3H3,(H,18,19). The molecule has 0 aliphatic carbocycles. The van der Waals surface area contributed by atoms with Crippen LogP contribution in [-0.4, -0.2) is 24.6 Å². The summed E-state index contributed by atoms with van der Waals surface area (Å²) in [7, 11) is 1.24. The quantitative estimate of drug-likeness (QED) is 0.644. The molecule has 0 spiro atoms. The molecule has 7 heteroatoms. The Kier molecular flexibility index (Phi) is 5.99. The number of halogens is 3.